The molecule has 1 heterocycles. The number of benzene rings is 1. The molecular formula is C16H23NO2. The molecule has 1 aliphatic carbocycles. The number of nitrogens with zero attached hydrogens (tertiary/aromatic N) is 1. The summed E-state index contributed by atoms with van der Waals surface area (Å²) in [4.78, 5) is 2.57. The molecule has 104 valence electrons. The number of ether oxygens (including phenoxy) is 2. The number of fused-ring (bicyclic) bond motifs is 3. The van der Waals surface area contributed by atoms with E-state index in [1.165, 1.54) is 30.6 Å². The molecule has 0 aromatic heterocycles. The van der Waals surface area contributed by atoms with Gasteiger partial charge >= 0.3 is 0 Å². The molecule has 0 amide bonds. The molecule has 0 bridgehead atoms. The normalized spacial score (nSPS) is 25.8. The summed E-state index contributed by atoms with van der Waals surface area (Å²) in [6.07, 6.45) is 2.39. The Morgan fingerprint density at radius 2 is 2.05 bits per heavy atom. The van der Waals surface area contributed by atoms with Crippen LogP contribution in [0.15, 0.2) is 12.1 Å². The third-order valence-corrected chi connectivity index (χ3v) is 4.81. The van der Waals surface area contributed by atoms with Crippen molar-refractivity contribution < 1.29 is 9.47 Å². The summed E-state index contributed by atoms with van der Waals surface area (Å²) in [6.45, 7) is 5.88. The van der Waals surface area contributed by atoms with E-state index in [0.29, 0.717) is 5.92 Å². The Kier molecular flexibility index (Phi) is 3.40. The first-order chi connectivity index (χ1) is 9.28. The number of hydrogen-bond acceptors (Lipinski definition) is 3. The molecule has 1 aromatic carbocycles. The van der Waals surface area contributed by atoms with Gasteiger partial charge < -0.3 is 14.4 Å². The molecule has 0 N–H and O–H groups in total. The van der Waals surface area contributed by atoms with E-state index >= 15 is 0 Å². The number of hydrogen-bond donors (Lipinski definition) is 0. The van der Waals surface area contributed by atoms with Gasteiger partial charge in [-0.05, 0) is 36.9 Å². The molecule has 0 saturated carbocycles. The lowest BCUT2D eigenvalue weighted by molar-refractivity contribution is 0.335. The second kappa shape index (κ2) is 5.04. The number of rotatable bonds is 3. The summed E-state index contributed by atoms with van der Waals surface area (Å²) in [5, 5.41) is 0. The van der Waals surface area contributed by atoms with E-state index in [1.54, 1.807) is 14.2 Å². The van der Waals surface area contributed by atoms with Crippen molar-refractivity contribution in [2.45, 2.75) is 25.7 Å². The Bertz CT molecular complexity index is 472. The van der Waals surface area contributed by atoms with Gasteiger partial charge in [0, 0.05) is 24.6 Å². The SMILES string of the molecule is CCN1C[C@@H]2CCc3c(ccc(OC)c3OC)[C@H]2C1. The van der Waals surface area contributed by atoms with Crippen LogP contribution in [0.2, 0.25) is 0 Å². The van der Waals surface area contributed by atoms with E-state index in [9.17, 15) is 0 Å². The van der Waals surface area contributed by atoms with E-state index in [2.05, 4.69) is 24.0 Å². The van der Waals surface area contributed by atoms with Crippen molar-refractivity contribution in [3.05, 3.63) is 23.3 Å². The fourth-order valence-corrected chi connectivity index (χ4v) is 3.80. The van der Waals surface area contributed by atoms with Crippen LogP contribution in [-0.4, -0.2) is 38.8 Å². The zero-order valence-electron chi connectivity index (χ0n) is 12.1. The molecule has 1 aliphatic heterocycles. The quantitative estimate of drug-likeness (QED) is 0.835. The summed E-state index contributed by atoms with van der Waals surface area (Å²) >= 11 is 0. The molecule has 3 nitrogen and oxygen atoms in total. The van der Waals surface area contributed by atoms with Gasteiger partial charge in [0.2, 0.25) is 0 Å². The minimum absolute atomic E-state index is 0.684. The smallest absolute Gasteiger partial charge is 0.164 e. The van der Waals surface area contributed by atoms with Crippen molar-refractivity contribution in [1.82, 2.24) is 4.90 Å². The van der Waals surface area contributed by atoms with Crippen LogP contribution in [0, 0.1) is 5.92 Å². The fraction of sp³-hybridized carbons (Fsp3) is 0.625. The van der Waals surface area contributed by atoms with Gasteiger partial charge in [-0.2, -0.15) is 0 Å². The molecule has 1 saturated heterocycles. The molecule has 3 rings (SSSR count). The predicted octanol–water partition coefficient (Wildman–Crippen LogP) is 2.69. The highest BCUT2D eigenvalue weighted by Gasteiger charge is 2.38. The van der Waals surface area contributed by atoms with Crippen molar-refractivity contribution in [2.24, 2.45) is 5.92 Å². The van der Waals surface area contributed by atoms with Crippen LogP contribution in [0.1, 0.15) is 30.4 Å². The molecule has 2 atom stereocenters. The minimum atomic E-state index is 0.684. The van der Waals surface area contributed by atoms with Gasteiger partial charge in [-0.3, -0.25) is 0 Å². The number of likely N-dealkylation sites (N-methyl/N-ethyl adjacent to an activating group) is 1. The van der Waals surface area contributed by atoms with Crippen LogP contribution in [0.4, 0.5) is 0 Å². The van der Waals surface area contributed by atoms with E-state index in [1.807, 2.05) is 0 Å². The summed E-state index contributed by atoms with van der Waals surface area (Å²) in [6, 6.07) is 4.32. The first-order valence-electron chi connectivity index (χ1n) is 7.24. The highest BCUT2D eigenvalue weighted by atomic mass is 16.5. The Morgan fingerprint density at radius 3 is 2.74 bits per heavy atom. The van der Waals surface area contributed by atoms with Crippen molar-refractivity contribution in [2.75, 3.05) is 33.9 Å². The van der Waals surface area contributed by atoms with Gasteiger partial charge in [0.1, 0.15) is 0 Å². The largest absolute Gasteiger partial charge is 0.493 e. The van der Waals surface area contributed by atoms with Gasteiger partial charge in [-0.15, -0.1) is 0 Å². The van der Waals surface area contributed by atoms with Crippen LogP contribution in [0.5, 0.6) is 11.5 Å². The molecule has 19 heavy (non-hydrogen) atoms. The van der Waals surface area contributed by atoms with Gasteiger partial charge in [0.15, 0.2) is 11.5 Å². The molecule has 2 aliphatic rings. The Morgan fingerprint density at radius 1 is 1.21 bits per heavy atom. The average molecular weight is 261 g/mol. The highest BCUT2D eigenvalue weighted by molar-refractivity contribution is 5.53. The summed E-state index contributed by atoms with van der Waals surface area (Å²) < 4.78 is 11.0. The van der Waals surface area contributed by atoms with Crippen molar-refractivity contribution in [3.63, 3.8) is 0 Å². The Balaban J connectivity index is 2.00. The highest BCUT2D eigenvalue weighted by Crippen LogP contribution is 2.46. The third-order valence-electron chi connectivity index (χ3n) is 4.81. The van der Waals surface area contributed by atoms with Crippen LogP contribution >= 0.6 is 0 Å². The van der Waals surface area contributed by atoms with E-state index < -0.39 is 0 Å². The van der Waals surface area contributed by atoms with Crippen LogP contribution < -0.4 is 9.47 Å². The van der Waals surface area contributed by atoms with Gasteiger partial charge in [-0.25, -0.2) is 0 Å². The summed E-state index contributed by atoms with van der Waals surface area (Å²) in [7, 11) is 3.46. The van der Waals surface area contributed by atoms with E-state index in [4.69, 9.17) is 9.47 Å². The van der Waals surface area contributed by atoms with Gasteiger partial charge in [0.25, 0.3) is 0 Å². The maximum atomic E-state index is 5.60. The van der Waals surface area contributed by atoms with Crippen molar-refractivity contribution in [1.29, 1.82) is 0 Å². The zero-order valence-corrected chi connectivity index (χ0v) is 12.1. The third kappa shape index (κ3) is 2.00. The molecule has 1 aromatic rings. The monoisotopic (exact) mass is 261 g/mol. The maximum Gasteiger partial charge on any atom is 0.164 e. The van der Waals surface area contributed by atoms with Crippen molar-refractivity contribution in [3.8, 4) is 11.5 Å². The average Bonchev–Trinajstić information content (AvgIpc) is 2.89. The van der Waals surface area contributed by atoms with Crippen molar-refractivity contribution >= 4 is 0 Å². The standard InChI is InChI=1S/C16H23NO2/c1-4-17-9-11-5-6-13-12(14(11)10-17)7-8-15(18-2)16(13)19-3/h7-8,11,14H,4-6,9-10H2,1-3H3/t11-,14-/m0/s1. The second-order valence-corrected chi connectivity index (χ2v) is 5.63. The first kappa shape index (κ1) is 12.8. The second-order valence-electron chi connectivity index (χ2n) is 5.63. The molecule has 0 radical (unpaired) electrons. The minimum Gasteiger partial charge on any atom is -0.493 e. The topological polar surface area (TPSA) is 21.7 Å². The zero-order chi connectivity index (χ0) is 13.4. The first-order valence-corrected chi connectivity index (χ1v) is 7.24. The predicted molar refractivity (Wildman–Crippen MR) is 76.2 cm³/mol. The molecular weight excluding hydrogens is 238 g/mol. The lowest BCUT2D eigenvalue weighted by Gasteiger charge is -2.29. The van der Waals surface area contributed by atoms with Gasteiger partial charge in [0.05, 0.1) is 14.2 Å². The maximum absolute atomic E-state index is 5.60. The summed E-state index contributed by atoms with van der Waals surface area (Å²) in [5.41, 5.74) is 2.87. The van der Waals surface area contributed by atoms with E-state index in [-0.39, 0.29) is 0 Å². The van der Waals surface area contributed by atoms with E-state index in [0.717, 1.165) is 30.4 Å². The Labute approximate surface area is 115 Å². The lowest BCUT2D eigenvalue weighted by atomic mass is 9.76. The number of likely N-dealkylation sites (tertiary alicyclic amines) is 1. The van der Waals surface area contributed by atoms with Crippen LogP contribution in [0.25, 0.3) is 0 Å². The number of methoxy groups -OCH3 is 2. The van der Waals surface area contributed by atoms with Gasteiger partial charge in [-0.1, -0.05) is 13.0 Å². The Hall–Kier alpha value is -1.22. The fourth-order valence-electron chi connectivity index (χ4n) is 3.80. The van der Waals surface area contributed by atoms with Crippen LogP contribution in [-0.2, 0) is 6.42 Å². The molecule has 0 spiro atoms. The lowest BCUT2D eigenvalue weighted by Crippen LogP contribution is -2.20. The molecule has 1 fully saturated rings. The summed E-state index contributed by atoms with van der Waals surface area (Å²) in [5.74, 6) is 3.33. The molecule has 3 heteroatoms. The van der Waals surface area contributed by atoms with Crippen LogP contribution in [0.3, 0.4) is 0 Å². The molecule has 0 unspecified atom stereocenters.